The largest absolute Gasteiger partial charge is 0.338 e. The second kappa shape index (κ2) is 7.77. The van der Waals surface area contributed by atoms with Gasteiger partial charge in [0.25, 0.3) is 0 Å². The van der Waals surface area contributed by atoms with E-state index in [9.17, 15) is 0 Å². The zero-order valence-corrected chi connectivity index (χ0v) is 17.2. The number of anilines is 4. The fraction of sp³-hybridized carbons (Fsp3) is 0.105. The van der Waals surface area contributed by atoms with Gasteiger partial charge in [-0.1, -0.05) is 37.7 Å². The Morgan fingerprint density at radius 1 is 1.04 bits per heavy atom. The van der Waals surface area contributed by atoms with Gasteiger partial charge < -0.3 is 10.6 Å². The predicted octanol–water partition coefficient (Wildman–Crippen LogP) is 5.59. The summed E-state index contributed by atoms with van der Waals surface area (Å²) in [4.78, 5) is 13.2. The number of nitrogens with one attached hydrogen (secondary N) is 2. The van der Waals surface area contributed by atoms with Crippen molar-refractivity contribution in [3.63, 3.8) is 0 Å². The van der Waals surface area contributed by atoms with E-state index in [1.54, 1.807) is 17.5 Å². The van der Waals surface area contributed by atoms with Gasteiger partial charge >= 0.3 is 0 Å². The average molecular weight is 414 g/mol. The zero-order chi connectivity index (χ0) is 18.8. The third-order valence-electron chi connectivity index (χ3n) is 3.97. The second-order valence-corrected chi connectivity index (χ2v) is 9.65. The number of hydrogen-bond donors (Lipinski definition) is 2. The molecule has 0 fully saturated rings. The Kier molecular flexibility index (Phi) is 5.21. The highest BCUT2D eigenvalue weighted by molar-refractivity contribution is 7.64. The third-order valence-corrected chi connectivity index (χ3v) is 6.39. The fourth-order valence-corrected chi connectivity index (χ4v) is 4.52. The first-order chi connectivity index (χ1) is 13.1. The molecule has 4 aromatic rings. The van der Waals surface area contributed by atoms with Crippen molar-refractivity contribution >= 4 is 69.5 Å². The summed E-state index contributed by atoms with van der Waals surface area (Å²) in [6.07, 6.45) is 1.60. The molecule has 136 valence electrons. The van der Waals surface area contributed by atoms with Gasteiger partial charge in [0.15, 0.2) is 5.82 Å². The SMILES string of the molecule is CP(C)c1ccccc1Nc1nc(Nc2ccc3ncsc3c2)ncc1Cl. The van der Waals surface area contributed by atoms with E-state index in [1.165, 1.54) is 5.30 Å². The van der Waals surface area contributed by atoms with Gasteiger partial charge in [-0.05, 0) is 42.9 Å². The predicted molar refractivity (Wildman–Crippen MR) is 118 cm³/mol. The molecule has 2 aromatic heterocycles. The van der Waals surface area contributed by atoms with Gasteiger partial charge in [0.2, 0.25) is 5.95 Å². The van der Waals surface area contributed by atoms with Crippen LogP contribution in [-0.4, -0.2) is 28.3 Å². The molecule has 0 saturated carbocycles. The van der Waals surface area contributed by atoms with Crippen molar-refractivity contribution in [3.8, 4) is 0 Å². The Hall–Kier alpha value is -2.27. The normalized spacial score (nSPS) is 11.1. The maximum absolute atomic E-state index is 6.33. The summed E-state index contributed by atoms with van der Waals surface area (Å²) in [5.74, 6) is 1.07. The molecule has 0 amide bonds. The Bertz CT molecular complexity index is 1100. The molecule has 0 aliphatic carbocycles. The maximum Gasteiger partial charge on any atom is 0.229 e. The van der Waals surface area contributed by atoms with E-state index >= 15 is 0 Å². The maximum atomic E-state index is 6.33. The van der Waals surface area contributed by atoms with Gasteiger partial charge in [0.1, 0.15) is 5.02 Å². The molecule has 0 aliphatic rings. The van der Waals surface area contributed by atoms with E-state index in [1.807, 2.05) is 41.9 Å². The molecule has 4 rings (SSSR count). The highest BCUT2D eigenvalue weighted by Gasteiger charge is 2.11. The number of hydrogen-bond acceptors (Lipinski definition) is 6. The van der Waals surface area contributed by atoms with Crippen LogP contribution in [0.4, 0.5) is 23.1 Å². The average Bonchev–Trinajstić information content (AvgIpc) is 3.12. The van der Waals surface area contributed by atoms with Gasteiger partial charge in [0.05, 0.1) is 21.9 Å². The van der Waals surface area contributed by atoms with E-state index in [4.69, 9.17) is 11.6 Å². The van der Waals surface area contributed by atoms with Gasteiger partial charge in [-0.2, -0.15) is 4.98 Å². The Balaban J connectivity index is 1.61. The van der Waals surface area contributed by atoms with Crippen LogP contribution in [0.1, 0.15) is 0 Å². The molecule has 27 heavy (non-hydrogen) atoms. The van der Waals surface area contributed by atoms with Gasteiger partial charge in [-0.15, -0.1) is 11.3 Å². The smallest absolute Gasteiger partial charge is 0.229 e. The molecule has 5 nitrogen and oxygen atoms in total. The molecule has 0 atom stereocenters. The molecule has 8 heteroatoms. The minimum Gasteiger partial charge on any atom is -0.338 e. The summed E-state index contributed by atoms with van der Waals surface area (Å²) in [6, 6.07) is 14.2. The minimum absolute atomic E-state index is 0.251. The van der Waals surface area contributed by atoms with Crippen molar-refractivity contribution in [2.24, 2.45) is 0 Å². The zero-order valence-electron chi connectivity index (χ0n) is 14.8. The van der Waals surface area contributed by atoms with Crippen LogP contribution in [0.2, 0.25) is 5.02 Å². The summed E-state index contributed by atoms with van der Waals surface area (Å²) in [7, 11) is -0.251. The summed E-state index contributed by atoms with van der Waals surface area (Å²) in [6.45, 7) is 4.44. The number of fused-ring (bicyclic) bond motifs is 1. The van der Waals surface area contributed by atoms with Gasteiger partial charge in [0, 0.05) is 11.4 Å². The van der Waals surface area contributed by atoms with E-state index in [0.717, 1.165) is 21.6 Å². The Morgan fingerprint density at radius 3 is 2.74 bits per heavy atom. The van der Waals surface area contributed by atoms with E-state index < -0.39 is 0 Å². The standard InChI is InChI=1S/C19H17ClN5PS/c1-26(2)16-6-4-3-5-14(16)24-18-13(20)10-21-19(25-18)23-12-7-8-15-17(9-12)27-11-22-15/h3-11H,1-2H3,(H2,21,23,24,25). The molecular weight excluding hydrogens is 397 g/mol. The third kappa shape index (κ3) is 4.03. The molecule has 0 bridgehead atoms. The van der Waals surface area contributed by atoms with Crippen LogP contribution in [0.5, 0.6) is 0 Å². The second-order valence-electron chi connectivity index (χ2n) is 6.09. The van der Waals surface area contributed by atoms with Crippen molar-refractivity contribution in [2.45, 2.75) is 0 Å². The lowest BCUT2D eigenvalue weighted by molar-refractivity contribution is 1.17. The number of benzene rings is 2. The molecular formula is C19H17ClN5PS. The highest BCUT2D eigenvalue weighted by Crippen LogP contribution is 2.31. The lowest BCUT2D eigenvalue weighted by Crippen LogP contribution is -2.09. The van der Waals surface area contributed by atoms with Crippen LogP contribution in [0.25, 0.3) is 10.2 Å². The fourth-order valence-electron chi connectivity index (χ4n) is 2.67. The number of aromatic nitrogens is 3. The Morgan fingerprint density at radius 2 is 1.89 bits per heavy atom. The van der Waals surface area contributed by atoms with Crippen LogP contribution in [-0.2, 0) is 0 Å². The number of para-hydroxylation sites is 1. The monoisotopic (exact) mass is 413 g/mol. The topological polar surface area (TPSA) is 62.7 Å². The summed E-state index contributed by atoms with van der Waals surface area (Å²) >= 11 is 7.93. The molecule has 0 saturated heterocycles. The quantitative estimate of drug-likeness (QED) is 0.417. The lowest BCUT2D eigenvalue weighted by atomic mass is 10.3. The van der Waals surface area contributed by atoms with Crippen LogP contribution < -0.4 is 15.9 Å². The molecule has 2 N–H and O–H groups in total. The van der Waals surface area contributed by atoms with Crippen LogP contribution in [0.3, 0.4) is 0 Å². The first kappa shape index (κ1) is 18.1. The number of thiazole rings is 1. The van der Waals surface area contributed by atoms with E-state index in [2.05, 4.69) is 45.0 Å². The van der Waals surface area contributed by atoms with Crippen molar-refractivity contribution in [1.29, 1.82) is 0 Å². The summed E-state index contributed by atoms with van der Waals surface area (Å²) in [5.41, 5.74) is 4.75. The first-order valence-corrected chi connectivity index (χ1v) is 11.8. The summed E-state index contributed by atoms with van der Waals surface area (Å²) < 4.78 is 1.11. The van der Waals surface area contributed by atoms with Crippen molar-refractivity contribution in [2.75, 3.05) is 24.0 Å². The van der Waals surface area contributed by atoms with Gasteiger partial charge in [-0.25, -0.2) is 9.97 Å². The van der Waals surface area contributed by atoms with E-state index in [-0.39, 0.29) is 7.92 Å². The summed E-state index contributed by atoms with van der Waals surface area (Å²) in [5, 5.41) is 8.35. The van der Waals surface area contributed by atoms with Crippen molar-refractivity contribution in [3.05, 3.63) is 59.2 Å². The van der Waals surface area contributed by atoms with Gasteiger partial charge in [-0.3, -0.25) is 0 Å². The van der Waals surface area contributed by atoms with Crippen LogP contribution >= 0.6 is 30.9 Å². The molecule has 2 heterocycles. The Labute approximate surface area is 167 Å². The molecule has 0 unspecified atom stereocenters. The van der Waals surface area contributed by atoms with Crippen LogP contribution in [0.15, 0.2) is 54.2 Å². The molecule has 0 spiro atoms. The highest BCUT2D eigenvalue weighted by atomic mass is 35.5. The number of nitrogens with zero attached hydrogens (tertiary/aromatic N) is 3. The lowest BCUT2D eigenvalue weighted by Gasteiger charge is -2.15. The number of rotatable bonds is 5. The van der Waals surface area contributed by atoms with Crippen molar-refractivity contribution < 1.29 is 0 Å². The molecule has 0 aliphatic heterocycles. The first-order valence-electron chi connectivity index (χ1n) is 8.26. The minimum atomic E-state index is -0.251. The molecule has 0 radical (unpaired) electrons. The number of halogens is 1. The van der Waals surface area contributed by atoms with Crippen LogP contribution in [0, 0.1) is 0 Å². The van der Waals surface area contributed by atoms with E-state index in [0.29, 0.717) is 16.8 Å². The van der Waals surface area contributed by atoms with Crippen molar-refractivity contribution in [1.82, 2.24) is 15.0 Å². The molecule has 2 aromatic carbocycles.